The van der Waals surface area contributed by atoms with Gasteiger partial charge in [-0.25, -0.2) is 4.68 Å². The number of para-hydroxylation sites is 1. The molecule has 0 N–H and O–H groups in total. The number of benzene rings is 1. The van der Waals surface area contributed by atoms with Crippen molar-refractivity contribution in [2.24, 2.45) is 0 Å². The Morgan fingerprint density at radius 2 is 1.71 bits per heavy atom. The number of ether oxygens (including phenoxy) is 1. The van der Waals surface area contributed by atoms with Crippen molar-refractivity contribution in [3.05, 3.63) is 42.6 Å². The van der Waals surface area contributed by atoms with Crippen LogP contribution in [-0.2, 0) is 4.79 Å². The Balaban J connectivity index is 1.70. The van der Waals surface area contributed by atoms with Gasteiger partial charge in [0, 0.05) is 25.4 Å². The van der Waals surface area contributed by atoms with E-state index in [2.05, 4.69) is 5.10 Å². The van der Waals surface area contributed by atoms with E-state index in [1.807, 2.05) is 55.3 Å². The largest absolute Gasteiger partial charge is 0.460 e. The Morgan fingerprint density at radius 1 is 1.04 bits per heavy atom. The van der Waals surface area contributed by atoms with Crippen LogP contribution in [0.15, 0.2) is 42.6 Å². The second-order valence-corrected chi connectivity index (χ2v) is 6.75. The van der Waals surface area contributed by atoms with Gasteiger partial charge in [-0.3, -0.25) is 4.79 Å². The Hall–Kier alpha value is -2.30. The highest BCUT2D eigenvalue weighted by Gasteiger charge is 2.35. The van der Waals surface area contributed by atoms with Crippen molar-refractivity contribution in [2.75, 3.05) is 13.1 Å². The first-order valence-corrected chi connectivity index (χ1v) is 8.66. The number of hydrogen-bond acceptors (Lipinski definition) is 3. The molecule has 1 aromatic carbocycles. The van der Waals surface area contributed by atoms with Crippen molar-refractivity contribution in [1.29, 1.82) is 0 Å². The molecule has 2 aromatic rings. The minimum Gasteiger partial charge on any atom is -0.460 e. The fourth-order valence-corrected chi connectivity index (χ4v) is 3.05. The zero-order chi connectivity index (χ0) is 17.0. The molecule has 24 heavy (non-hydrogen) atoms. The smallest absolute Gasteiger partial charge is 0.266 e. The number of amides is 1. The molecule has 0 atom stereocenters. The van der Waals surface area contributed by atoms with Crippen molar-refractivity contribution in [1.82, 2.24) is 14.7 Å². The fourth-order valence-electron chi connectivity index (χ4n) is 3.05. The Bertz CT molecular complexity index is 671. The summed E-state index contributed by atoms with van der Waals surface area (Å²) in [4.78, 5) is 14.8. The molecule has 5 heteroatoms. The van der Waals surface area contributed by atoms with Crippen LogP contribution < -0.4 is 4.74 Å². The standard InChI is InChI=1S/C19H25N3O2/c1-19(2,18(23)21-13-8-3-4-9-14-21)24-17-12-15-22(20-17)16-10-6-5-7-11-16/h5-7,10-12,15H,3-4,8-9,13-14H2,1-2H3. The SMILES string of the molecule is CC(C)(Oc1ccn(-c2ccccc2)n1)C(=O)N1CCCCCC1. The summed E-state index contributed by atoms with van der Waals surface area (Å²) in [6.45, 7) is 5.29. The molecule has 1 aliphatic heterocycles. The van der Waals surface area contributed by atoms with Crippen molar-refractivity contribution >= 4 is 5.91 Å². The third-order valence-corrected chi connectivity index (χ3v) is 4.35. The predicted octanol–water partition coefficient (Wildman–Crippen LogP) is 3.43. The highest BCUT2D eigenvalue weighted by atomic mass is 16.5. The Labute approximate surface area is 143 Å². The number of carbonyl (C=O) groups is 1. The van der Waals surface area contributed by atoms with Gasteiger partial charge < -0.3 is 9.64 Å². The molecule has 0 saturated carbocycles. The zero-order valence-corrected chi connectivity index (χ0v) is 14.4. The van der Waals surface area contributed by atoms with Gasteiger partial charge in [0.25, 0.3) is 5.91 Å². The summed E-state index contributed by atoms with van der Waals surface area (Å²) in [5.41, 5.74) is 0.0456. The van der Waals surface area contributed by atoms with Crippen molar-refractivity contribution in [3.63, 3.8) is 0 Å². The Morgan fingerprint density at radius 3 is 2.38 bits per heavy atom. The van der Waals surface area contributed by atoms with E-state index >= 15 is 0 Å². The first kappa shape index (κ1) is 16.6. The highest BCUT2D eigenvalue weighted by molar-refractivity contribution is 5.84. The molecule has 1 fully saturated rings. The molecule has 1 amide bonds. The van der Waals surface area contributed by atoms with Gasteiger partial charge >= 0.3 is 0 Å². The molecule has 1 saturated heterocycles. The molecular weight excluding hydrogens is 302 g/mol. The van der Waals surface area contributed by atoms with E-state index < -0.39 is 5.60 Å². The predicted molar refractivity (Wildman–Crippen MR) is 93.3 cm³/mol. The van der Waals surface area contributed by atoms with Crippen LogP contribution in [0.25, 0.3) is 5.69 Å². The average molecular weight is 327 g/mol. The minimum atomic E-state index is -0.916. The van der Waals surface area contributed by atoms with Crippen molar-refractivity contribution < 1.29 is 9.53 Å². The molecule has 0 radical (unpaired) electrons. The molecule has 2 heterocycles. The molecule has 1 aromatic heterocycles. The summed E-state index contributed by atoms with van der Waals surface area (Å²) in [6, 6.07) is 11.6. The van der Waals surface area contributed by atoms with Gasteiger partial charge in [0.2, 0.25) is 5.88 Å². The summed E-state index contributed by atoms with van der Waals surface area (Å²) >= 11 is 0. The second kappa shape index (κ2) is 7.07. The average Bonchev–Trinajstić information content (AvgIpc) is 2.87. The lowest BCUT2D eigenvalue weighted by Crippen LogP contribution is -2.49. The first-order valence-electron chi connectivity index (χ1n) is 8.66. The first-order chi connectivity index (χ1) is 11.6. The molecular formula is C19H25N3O2. The number of carbonyl (C=O) groups excluding carboxylic acids is 1. The van der Waals surface area contributed by atoms with E-state index in [0.717, 1.165) is 31.6 Å². The zero-order valence-electron chi connectivity index (χ0n) is 14.4. The monoisotopic (exact) mass is 327 g/mol. The molecule has 1 aliphatic rings. The van der Waals surface area contributed by atoms with Crippen LogP contribution in [0.1, 0.15) is 39.5 Å². The summed E-state index contributed by atoms with van der Waals surface area (Å²) in [5.74, 6) is 0.505. The van der Waals surface area contributed by atoms with E-state index in [9.17, 15) is 4.79 Å². The van der Waals surface area contributed by atoms with Gasteiger partial charge in [0.1, 0.15) is 0 Å². The summed E-state index contributed by atoms with van der Waals surface area (Å²) in [5, 5.41) is 4.44. The number of aromatic nitrogens is 2. The second-order valence-electron chi connectivity index (χ2n) is 6.75. The van der Waals surface area contributed by atoms with Gasteiger partial charge in [-0.05, 0) is 38.8 Å². The number of rotatable bonds is 4. The molecule has 128 valence electrons. The highest BCUT2D eigenvalue weighted by Crippen LogP contribution is 2.21. The molecule has 0 unspecified atom stereocenters. The number of nitrogens with zero attached hydrogens (tertiary/aromatic N) is 3. The Kier molecular flexibility index (Phi) is 4.88. The van der Waals surface area contributed by atoms with Gasteiger partial charge in [-0.15, -0.1) is 5.10 Å². The van der Waals surface area contributed by atoms with E-state index in [0.29, 0.717) is 5.88 Å². The van der Waals surface area contributed by atoms with E-state index in [-0.39, 0.29) is 5.91 Å². The maximum Gasteiger partial charge on any atom is 0.266 e. The molecule has 0 bridgehead atoms. The summed E-state index contributed by atoms with van der Waals surface area (Å²) < 4.78 is 7.69. The summed E-state index contributed by atoms with van der Waals surface area (Å²) in [6.07, 6.45) is 6.39. The molecule has 5 nitrogen and oxygen atoms in total. The third kappa shape index (κ3) is 3.78. The minimum absolute atomic E-state index is 0.0404. The summed E-state index contributed by atoms with van der Waals surface area (Å²) in [7, 11) is 0. The van der Waals surface area contributed by atoms with E-state index in [1.165, 1.54) is 12.8 Å². The third-order valence-electron chi connectivity index (χ3n) is 4.35. The van der Waals surface area contributed by atoms with Gasteiger partial charge in [-0.2, -0.15) is 0 Å². The van der Waals surface area contributed by atoms with Gasteiger partial charge in [-0.1, -0.05) is 31.0 Å². The molecule has 0 spiro atoms. The number of hydrogen-bond donors (Lipinski definition) is 0. The van der Waals surface area contributed by atoms with Crippen LogP contribution in [0.3, 0.4) is 0 Å². The molecule has 3 rings (SSSR count). The number of likely N-dealkylation sites (tertiary alicyclic amines) is 1. The fraction of sp³-hybridized carbons (Fsp3) is 0.474. The normalized spacial score (nSPS) is 15.8. The van der Waals surface area contributed by atoms with Crippen molar-refractivity contribution in [3.8, 4) is 11.6 Å². The maximum atomic E-state index is 12.8. The van der Waals surface area contributed by atoms with Gasteiger partial charge in [0.15, 0.2) is 5.60 Å². The van der Waals surface area contributed by atoms with Crippen molar-refractivity contribution in [2.45, 2.75) is 45.1 Å². The van der Waals surface area contributed by atoms with Crippen LogP contribution in [0.5, 0.6) is 5.88 Å². The van der Waals surface area contributed by atoms with Gasteiger partial charge in [0.05, 0.1) is 5.69 Å². The van der Waals surface area contributed by atoms with Crippen LogP contribution in [0.4, 0.5) is 0 Å². The maximum absolute atomic E-state index is 12.8. The topological polar surface area (TPSA) is 47.4 Å². The lowest BCUT2D eigenvalue weighted by molar-refractivity contribution is -0.145. The van der Waals surface area contributed by atoms with E-state index in [1.54, 1.807) is 10.7 Å². The van der Waals surface area contributed by atoms with Crippen LogP contribution in [-0.4, -0.2) is 39.3 Å². The van der Waals surface area contributed by atoms with Crippen LogP contribution in [0, 0.1) is 0 Å². The lowest BCUT2D eigenvalue weighted by Gasteiger charge is -2.30. The quantitative estimate of drug-likeness (QED) is 0.864. The van der Waals surface area contributed by atoms with E-state index in [4.69, 9.17) is 4.74 Å². The van der Waals surface area contributed by atoms with Crippen LogP contribution >= 0.6 is 0 Å². The van der Waals surface area contributed by atoms with Crippen LogP contribution in [0.2, 0.25) is 0 Å². The lowest BCUT2D eigenvalue weighted by atomic mass is 10.1. The molecule has 0 aliphatic carbocycles.